The van der Waals surface area contributed by atoms with Crippen molar-refractivity contribution in [2.75, 3.05) is 26.7 Å². The van der Waals surface area contributed by atoms with E-state index in [-0.39, 0.29) is 30.4 Å². The van der Waals surface area contributed by atoms with Crippen LogP contribution in [0.4, 0.5) is 0 Å². The van der Waals surface area contributed by atoms with Gasteiger partial charge in [0.05, 0.1) is 30.1 Å². The van der Waals surface area contributed by atoms with Gasteiger partial charge in [-0.3, -0.25) is 14.4 Å². The summed E-state index contributed by atoms with van der Waals surface area (Å²) >= 11 is 0. The van der Waals surface area contributed by atoms with E-state index in [9.17, 15) is 19.5 Å². The summed E-state index contributed by atoms with van der Waals surface area (Å²) in [5.74, 6) is -2.28. The maximum absolute atomic E-state index is 14.6. The highest BCUT2D eigenvalue weighted by Crippen LogP contribution is 2.64. The van der Waals surface area contributed by atoms with Crippen molar-refractivity contribution in [3.63, 3.8) is 0 Å². The van der Waals surface area contributed by atoms with Gasteiger partial charge < -0.3 is 24.5 Å². The maximum atomic E-state index is 14.6. The first kappa shape index (κ1) is 29.0. The molecule has 0 aromatic heterocycles. The average Bonchev–Trinajstić information content (AvgIpc) is 3.49. The molecule has 3 aliphatic rings. The summed E-state index contributed by atoms with van der Waals surface area (Å²) in [5.41, 5.74) is -1.30. The van der Waals surface area contributed by atoms with Crippen LogP contribution < -0.4 is 0 Å². The highest BCUT2D eigenvalue weighted by Gasteiger charge is 2.79. The number of hydrogen-bond donors (Lipinski definition) is 1. The SMILES string of the molecule is C=CCN(C)C(=O)[C@H]1[C@H]2C(=O)N([C@H](CO)c3ccccc3)C(C(=O)N(CC=C)C(C)CCC)C23CC[C@]1(C)O3. The van der Waals surface area contributed by atoms with Gasteiger partial charge in [0.1, 0.15) is 11.6 Å². The quantitative estimate of drug-likeness (QED) is 0.413. The Morgan fingerprint density at radius 2 is 1.85 bits per heavy atom. The molecule has 3 unspecified atom stereocenters. The zero-order valence-electron chi connectivity index (χ0n) is 23.7. The molecule has 1 N–H and O–H groups in total. The van der Waals surface area contributed by atoms with Gasteiger partial charge in [0.25, 0.3) is 0 Å². The molecule has 0 radical (unpaired) electrons. The minimum Gasteiger partial charge on any atom is -0.394 e. The number of carbonyl (C=O) groups is 3. The minimum absolute atomic E-state index is 0.0810. The second-order valence-electron chi connectivity index (χ2n) is 11.5. The van der Waals surface area contributed by atoms with Gasteiger partial charge in [0.2, 0.25) is 17.7 Å². The highest BCUT2D eigenvalue weighted by atomic mass is 16.5. The third-order valence-corrected chi connectivity index (χ3v) is 9.03. The summed E-state index contributed by atoms with van der Waals surface area (Å²) in [4.78, 5) is 47.8. The number of nitrogens with zero attached hydrogens (tertiary/aromatic N) is 3. The topological polar surface area (TPSA) is 90.4 Å². The number of hydrogen-bond acceptors (Lipinski definition) is 5. The second-order valence-corrected chi connectivity index (χ2v) is 11.5. The minimum atomic E-state index is -1.16. The lowest BCUT2D eigenvalue weighted by atomic mass is 9.66. The van der Waals surface area contributed by atoms with Gasteiger partial charge in [-0.1, -0.05) is 55.8 Å². The average molecular weight is 538 g/mol. The summed E-state index contributed by atoms with van der Waals surface area (Å²) in [6, 6.07) is 7.46. The van der Waals surface area contributed by atoms with E-state index in [0.29, 0.717) is 25.9 Å². The molecule has 1 aromatic carbocycles. The summed E-state index contributed by atoms with van der Waals surface area (Å²) in [6.45, 7) is 13.9. The van der Waals surface area contributed by atoms with Gasteiger partial charge in [0, 0.05) is 26.2 Å². The lowest BCUT2D eigenvalue weighted by Crippen LogP contribution is -2.58. The Balaban J connectivity index is 1.87. The van der Waals surface area contributed by atoms with Crippen molar-refractivity contribution < 1.29 is 24.2 Å². The number of fused-ring (bicyclic) bond motifs is 1. The number of benzene rings is 1. The van der Waals surface area contributed by atoms with Crippen LogP contribution in [0.5, 0.6) is 0 Å². The van der Waals surface area contributed by atoms with Gasteiger partial charge >= 0.3 is 0 Å². The van der Waals surface area contributed by atoms with Crippen molar-refractivity contribution in [1.29, 1.82) is 0 Å². The molecular weight excluding hydrogens is 494 g/mol. The third kappa shape index (κ3) is 4.61. The van der Waals surface area contributed by atoms with Crippen LogP contribution in [0, 0.1) is 11.8 Å². The van der Waals surface area contributed by atoms with Crippen LogP contribution in [0.3, 0.4) is 0 Å². The van der Waals surface area contributed by atoms with Crippen LogP contribution >= 0.6 is 0 Å². The number of aliphatic hydroxyl groups excluding tert-OH is 1. The monoisotopic (exact) mass is 537 g/mol. The van der Waals surface area contributed by atoms with Crippen LogP contribution in [0.25, 0.3) is 0 Å². The Labute approximate surface area is 232 Å². The number of likely N-dealkylation sites (tertiary alicyclic amines) is 1. The fourth-order valence-corrected chi connectivity index (χ4v) is 7.26. The number of likely N-dealkylation sites (N-methyl/N-ethyl adjacent to an activating group) is 1. The zero-order valence-corrected chi connectivity index (χ0v) is 23.7. The molecule has 8 nitrogen and oxygen atoms in total. The van der Waals surface area contributed by atoms with Gasteiger partial charge in [0.15, 0.2) is 0 Å². The normalized spacial score (nSPS) is 30.5. The van der Waals surface area contributed by atoms with Crippen molar-refractivity contribution in [2.45, 2.75) is 75.8 Å². The Hall–Kier alpha value is -2.97. The standard InChI is InChI=1S/C31H43N3O5/c1-7-13-21(4)33(19-9-3)29(38)26-31-17-16-30(5,39-31)24(27(36)32(6)18-8-2)25(31)28(37)34(26)23(20-35)22-14-11-10-12-15-22/h8-12,14-15,21,23-26,35H,2-3,7,13,16-20H2,1,4-6H3/t21?,23-,24-,25+,26?,30+,31?/m1/s1. The first-order valence-corrected chi connectivity index (χ1v) is 14.1. The van der Waals surface area contributed by atoms with E-state index in [1.54, 1.807) is 29.0 Å². The molecule has 0 saturated carbocycles. The van der Waals surface area contributed by atoms with Crippen molar-refractivity contribution in [3.8, 4) is 0 Å². The van der Waals surface area contributed by atoms with E-state index in [0.717, 1.165) is 18.4 Å². The van der Waals surface area contributed by atoms with E-state index >= 15 is 0 Å². The van der Waals surface area contributed by atoms with E-state index in [1.807, 2.05) is 44.2 Å². The molecule has 3 fully saturated rings. The van der Waals surface area contributed by atoms with Gasteiger partial charge in [-0.05, 0) is 38.7 Å². The summed E-state index contributed by atoms with van der Waals surface area (Å²) in [5, 5.41) is 10.6. The number of carbonyl (C=O) groups excluding carboxylic acids is 3. The van der Waals surface area contributed by atoms with Crippen LogP contribution in [-0.2, 0) is 19.1 Å². The van der Waals surface area contributed by atoms with Crippen LogP contribution in [0.1, 0.15) is 58.1 Å². The summed E-state index contributed by atoms with van der Waals surface area (Å²) < 4.78 is 6.78. The zero-order chi connectivity index (χ0) is 28.5. The largest absolute Gasteiger partial charge is 0.394 e. The first-order chi connectivity index (χ1) is 18.6. The third-order valence-electron chi connectivity index (χ3n) is 9.03. The molecule has 1 aromatic rings. The van der Waals surface area contributed by atoms with Crippen molar-refractivity contribution in [3.05, 3.63) is 61.2 Å². The predicted octanol–water partition coefficient (Wildman–Crippen LogP) is 3.33. The van der Waals surface area contributed by atoms with Gasteiger partial charge in [-0.2, -0.15) is 0 Å². The molecular formula is C31H43N3O5. The predicted molar refractivity (Wildman–Crippen MR) is 149 cm³/mol. The molecule has 212 valence electrons. The van der Waals surface area contributed by atoms with Crippen molar-refractivity contribution >= 4 is 17.7 Å². The highest BCUT2D eigenvalue weighted by molar-refractivity contribution is 5.99. The molecule has 4 rings (SSSR count). The molecule has 3 aliphatic heterocycles. The Bertz CT molecular complexity index is 1110. The number of aliphatic hydroxyl groups is 1. The molecule has 1 spiro atoms. The van der Waals surface area contributed by atoms with Crippen LogP contribution in [-0.4, -0.2) is 87.6 Å². The van der Waals surface area contributed by atoms with E-state index in [2.05, 4.69) is 20.1 Å². The molecule has 39 heavy (non-hydrogen) atoms. The molecule has 8 heteroatoms. The Morgan fingerprint density at radius 1 is 1.18 bits per heavy atom. The number of rotatable bonds is 12. The lowest BCUT2D eigenvalue weighted by Gasteiger charge is -2.41. The summed E-state index contributed by atoms with van der Waals surface area (Å²) in [6.07, 6.45) is 6.09. The maximum Gasteiger partial charge on any atom is 0.248 e. The second kappa shape index (κ2) is 11.3. The fraction of sp³-hybridized carbons (Fsp3) is 0.581. The van der Waals surface area contributed by atoms with Crippen LogP contribution in [0.15, 0.2) is 55.6 Å². The van der Waals surface area contributed by atoms with E-state index in [1.165, 1.54) is 4.90 Å². The fourth-order valence-electron chi connectivity index (χ4n) is 7.26. The lowest BCUT2D eigenvalue weighted by molar-refractivity contribution is -0.157. The van der Waals surface area contributed by atoms with Crippen LogP contribution in [0.2, 0.25) is 0 Å². The smallest absolute Gasteiger partial charge is 0.248 e. The van der Waals surface area contributed by atoms with Gasteiger partial charge in [-0.15, -0.1) is 13.2 Å². The molecule has 0 aliphatic carbocycles. The van der Waals surface area contributed by atoms with Gasteiger partial charge in [-0.25, -0.2) is 0 Å². The summed E-state index contributed by atoms with van der Waals surface area (Å²) in [7, 11) is 1.70. The molecule has 3 heterocycles. The van der Waals surface area contributed by atoms with E-state index in [4.69, 9.17) is 4.74 Å². The Morgan fingerprint density at radius 3 is 2.44 bits per heavy atom. The number of ether oxygens (including phenoxy) is 1. The molecule has 3 saturated heterocycles. The van der Waals surface area contributed by atoms with Crippen molar-refractivity contribution in [2.24, 2.45) is 11.8 Å². The number of amides is 3. The van der Waals surface area contributed by atoms with E-state index < -0.39 is 35.1 Å². The Kier molecular flexibility index (Phi) is 8.38. The van der Waals surface area contributed by atoms with Crippen molar-refractivity contribution in [1.82, 2.24) is 14.7 Å². The molecule has 2 bridgehead atoms. The first-order valence-electron chi connectivity index (χ1n) is 14.1. The molecule has 7 atom stereocenters. The molecule has 3 amide bonds.